The zero-order valence-corrected chi connectivity index (χ0v) is 12.3. The molecule has 22 heavy (non-hydrogen) atoms. The number of rotatable bonds is 2. The molecule has 9 heteroatoms. The summed E-state index contributed by atoms with van der Waals surface area (Å²) < 4.78 is 3.79. The molecular weight excluding hydrogens is 284 g/mol. The summed E-state index contributed by atoms with van der Waals surface area (Å²) in [6.45, 7) is 4.19. The van der Waals surface area contributed by atoms with Crippen LogP contribution in [0, 0.1) is 5.92 Å². The number of hydrazine groups is 1. The van der Waals surface area contributed by atoms with Crippen molar-refractivity contribution in [3.8, 4) is 0 Å². The summed E-state index contributed by atoms with van der Waals surface area (Å²) in [5, 5.41) is 11.2. The molecule has 2 aliphatic rings. The van der Waals surface area contributed by atoms with Crippen molar-refractivity contribution in [2.45, 2.75) is 25.7 Å². The predicted octanol–water partition coefficient (Wildman–Crippen LogP) is -0.699. The molecule has 0 radical (unpaired) electrons. The lowest BCUT2D eigenvalue weighted by atomic mass is 10.0. The van der Waals surface area contributed by atoms with E-state index in [1.165, 1.54) is 12.0 Å². The Morgan fingerprint density at radius 1 is 1.41 bits per heavy atom. The topological polar surface area (TPSA) is 92.9 Å². The monoisotopic (exact) mass is 302 g/mol. The van der Waals surface area contributed by atoms with Crippen LogP contribution in [0.5, 0.6) is 0 Å². The third-order valence-electron chi connectivity index (χ3n) is 4.55. The van der Waals surface area contributed by atoms with Crippen LogP contribution in [-0.4, -0.2) is 48.7 Å². The van der Waals surface area contributed by atoms with E-state index < -0.39 is 0 Å². The number of hydrogen-bond acceptors (Lipinski definition) is 6. The number of nitrogens with zero attached hydrogens (tertiary/aromatic N) is 6. The lowest BCUT2D eigenvalue weighted by molar-refractivity contribution is -0.139. The van der Waals surface area contributed by atoms with Gasteiger partial charge in [-0.15, -0.1) is 5.10 Å². The van der Waals surface area contributed by atoms with Gasteiger partial charge in [0, 0.05) is 31.5 Å². The second-order valence-electron chi connectivity index (χ2n) is 5.70. The van der Waals surface area contributed by atoms with Gasteiger partial charge in [-0.2, -0.15) is 0 Å². The summed E-state index contributed by atoms with van der Waals surface area (Å²) in [4.78, 5) is 15.0. The third kappa shape index (κ3) is 2.01. The molecule has 2 aliphatic heterocycles. The molecule has 2 aromatic rings. The highest BCUT2D eigenvalue weighted by Crippen LogP contribution is 2.29. The van der Waals surface area contributed by atoms with E-state index in [-0.39, 0.29) is 24.0 Å². The van der Waals surface area contributed by atoms with Crippen molar-refractivity contribution in [3.63, 3.8) is 0 Å². The fourth-order valence-electron chi connectivity index (χ4n) is 3.35. The number of nitrogens with one attached hydrogen (secondary N) is 2. The maximum absolute atomic E-state index is 13.0. The maximum atomic E-state index is 13.0. The van der Waals surface area contributed by atoms with Gasteiger partial charge in [0.05, 0.1) is 12.0 Å². The van der Waals surface area contributed by atoms with Gasteiger partial charge < -0.3 is 9.47 Å². The molecule has 0 bridgehead atoms. The quantitative estimate of drug-likeness (QED) is 0.762. The molecule has 9 nitrogen and oxygen atoms in total. The van der Waals surface area contributed by atoms with Gasteiger partial charge in [0.25, 0.3) is 0 Å². The Balaban J connectivity index is 1.57. The van der Waals surface area contributed by atoms with Crippen molar-refractivity contribution >= 4 is 5.91 Å². The molecule has 0 aromatic carbocycles. The van der Waals surface area contributed by atoms with Crippen LogP contribution in [0.3, 0.4) is 0 Å². The van der Waals surface area contributed by atoms with Gasteiger partial charge in [-0.05, 0) is 29.5 Å². The van der Waals surface area contributed by atoms with Crippen LogP contribution < -0.4 is 10.9 Å². The summed E-state index contributed by atoms with van der Waals surface area (Å²) in [6, 6.07) is 4.18. The molecule has 0 saturated carbocycles. The molecule has 3 atom stereocenters. The molecule has 1 saturated heterocycles. The van der Waals surface area contributed by atoms with Crippen molar-refractivity contribution in [2.24, 2.45) is 5.92 Å². The minimum absolute atomic E-state index is 0.0753. The van der Waals surface area contributed by atoms with Crippen molar-refractivity contribution in [2.75, 3.05) is 13.1 Å². The van der Waals surface area contributed by atoms with Gasteiger partial charge in [0.1, 0.15) is 12.5 Å². The highest BCUT2D eigenvalue weighted by molar-refractivity contribution is 5.80. The standard InChI is InChI=1S/C13H18N8O/c1-9-11-3-2-4-19(11)5-6-20(9)13(22)10-7-14-16-12(10)21-8-15-17-18-21/h2-4,8-10,12,14,16H,5-7H2,1H3. The summed E-state index contributed by atoms with van der Waals surface area (Å²) in [6.07, 6.45) is 3.33. The van der Waals surface area contributed by atoms with E-state index in [4.69, 9.17) is 0 Å². The van der Waals surface area contributed by atoms with Crippen LogP contribution in [-0.2, 0) is 11.3 Å². The number of tetrazole rings is 1. The van der Waals surface area contributed by atoms with E-state index in [1.54, 1.807) is 4.68 Å². The molecule has 0 aliphatic carbocycles. The summed E-state index contributed by atoms with van der Waals surface area (Å²) in [7, 11) is 0. The Morgan fingerprint density at radius 3 is 3.14 bits per heavy atom. The lowest BCUT2D eigenvalue weighted by Crippen LogP contribution is -2.46. The Labute approximate surface area is 127 Å². The van der Waals surface area contributed by atoms with E-state index in [1.807, 2.05) is 11.0 Å². The molecule has 1 amide bonds. The van der Waals surface area contributed by atoms with E-state index in [9.17, 15) is 4.79 Å². The van der Waals surface area contributed by atoms with Crippen LogP contribution >= 0.6 is 0 Å². The van der Waals surface area contributed by atoms with E-state index >= 15 is 0 Å². The normalized spacial score (nSPS) is 27.9. The van der Waals surface area contributed by atoms with Crippen molar-refractivity contribution < 1.29 is 4.79 Å². The first kappa shape index (κ1) is 13.4. The Morgan fingerprint density at radius 2 is 2.32 bits per heavy atom. The van der Waals surface area contributed by atoms with Crippen LogP contribution in [0.2, 0.25) is 0 Å². The first-order chi connectivity index (χ1) is 10.8. The molecule has 2 N–H and O–H groups in total. The molecule has 4 heterocycles. The first-order valence-corrected chi connectivity index (χ1v) is 7.42. The van der Waals surface area contributed by atoms with Crippen molar-refractivity contribution in [1.29, 1.82) is 0 Å². The Hall–Kier alpha value is -2.26. The van der Waals surface area contributed by atoms with Crippen LogP contribution in [0.1, 0.15) is 24.8 Å². The SMILES string of the molecule is CC1c2cccn2CCN1C(=O)C1CNNC1n1cnnn1. The zero-order chi connectivity index (χ0) is 15.1. The number of amides is 1. The van der Waals surface area contributed by atoms with Crippen LogP contribution in [0.25, 0.3) is 0 Å². The number of carbonyl (C=O) groups excluding carboxylic acids is 1. The van der Waals surface area contributed by atoms with E-state index in [2.05, 4.69) is 50.1 Å². The number of carbonyl (C=O) groups is 1. The van der Waals surface area contributed by atoms with Gasteiger partial charge in [-0.1, -0.05) is 0 Å². The molecule has 116 valence electrons. The number of aromatic nitrogens is 5. The van der Waals surface area contributed by atoms with E-state index in [0.717, 1.165) is 13.1 Å². The van der Waals surface area contributed by atoms with Gasteiger partial charge in [-0.3, -0.25) is 10.2 Å². The van der Waals surface area contributed by atoms with Crippen molar-refractivity contribution in [3.05, 3.63) is 30.4 Å². The van der Waals surface area contributed by atoms with Gasteiger partial charge >= 0.3 is 0 Å². The summed E-state index contributed by atoms with van der Waals surface area (Å²) in [5.41, 5.74) is 7.29. The molecule has 0 spiro atoms. The first-order valence-electron chi connectivity index (χ1n) is 7.42. The van der Waals surface area contributed by atoms with E-state index in [0.29, 0.717) is 6.54 Å². The predicted molar refractivity (Wildman–Crippen MR) is 76.0 cm³/mol. The lowest BCUT2D eigenvalue weighted by Gasteiger charge is -2.37. The summed E-state index contributed by atoms with van der Waals surface area (Å²) in [5.74, 6) is -0.106. The second kappa shape index (κ2) is 5.18. The average molecular weight is 302 g/mol. The zero-order valence-electron chi connectivity index (χ0n) is 12.3. The average Bonchev–Trinajstić information content (AvgIpc) is 3.26. The van der Waals surface area contributed by atoms with Gasteiger partial charge in [0.15, 0.2) is 0 Å². The van der Waals surface area contributed by atoms with Crippen LogP contribution in [0.4, 0.5) is 0 Å². The fourth-order valence-corrected chi connectivity index (χ4v) is 3.35. The van der Waals surface area contributed by atoms with Crippen molar-refractivity contribution in [1.82, 2.24) is 40.5 Å². The molecular formula is C13H18N8O. The fraction of sp³-hybridized carbons (Fsp3) is 0.538. The Bertz CT molecular complexity index is 661. The largest absolute Gasteiger partial charge is 0.348 e. The maximum Gasteiger partial charge on any atom is 0.231 e. The third-order valence-corrected chi connectivity index (χ3v) is 4.55. The molecule has 3 unspecified atom stereocenters. The van der Waals surface area contributed by atoms with Crippen LogP contribution in [0.15, 0.2) is 24.7 Å². The highest BCUT2D eigenvalue weighted by atomic mass is 16.2. The molecule has 2 aromatic heterocycles. The minimum Gasteiger partial charge on any atom is -0.348 e. The highest BCUT2D eigenvalue weighted by Gasteiger charge is 2.40. The summed E-state index contributed by atoms with van der Waals surface area (Å²) >= 11 is 0. The smallest absolute Gasteiger partial charge is 0.231 e. The number of hydrogen-bond donors (Lipinski definition) is 2. The molecule has 4 rings (SSSR count). The van der Waals surface area contributed by atoms with Gasteiger partial charge in [0.2, 0.25) is 5.91 Å². The second-order valence-corrected chi connectivity index (χ2v) is 5.70. The van der Waals surface area contributed by atoms with Gasteiger partial charge in [-0.25, -0.2) is 10.1 Å². The number of fused-ring (bicyclic) bond motifs is 1. The Kier molecular flexibility index (Phi) is 3.16. The minimum atomic E-state index is -0.261. The molecule has 1 fully saturated rings.